The van der Waals surface area contributed by atoms with Crippen molar-refractivity contribution in [2.75, 3.05) is 20.8 Å². The highest BCUT2D eigenvalue weighted by atomic mass is 79.9. The van der Waals surface area contributed by atoms with E-state index in [1.54, 1.807) is 14.2 Å². The van der Waals surface area contributed by atoms with Gasteiger partial charge in [-0.25, -0.2) is 0 Å². The third-order valence-corrected chi connectivity index (χ3v) is 3.96. The second-order valence-corrected chi connectivity index (χ2v) is 5.03. The van der Waals surface area contributed by atoms with Crippen molar-refractivity contribution in [1.29, 1.82) is 0 Å². The van der Waals surface area contributed by atoms with Crippen LogP contribution in [-0.2, 0) is 0 Å². The van der Waals surface area contributed by atoms with Crippen LogP contribution in [0.25, 0.3) is 0 Å². The Kier molecular flexibility index (Phi) is 6.26. The zero-order valence-corrected chi connectivity index (χ0v) is 13.1. The monoisotopic (exact) mass is 335 g/mol. The first-order valence-electron chi connectivity index (χ1n) is 5.91. The highest BCUT2D eigenvalue weighted by Crippen LogP contribution is 2.38. The van der Waals surface area contributed by atoms with E-state index in [0.29, 0.717) is 6.04 Å². The molecule has 0 spiro atoms. The third-order valence-electron chi connectivity index (χ3n) is 3.18. The zero-order valence-electron chi connectivity index (χ0n) is 10.7. The predicted octanol–water partition coefficient (Wildman–Crippen LogP) is 3.70. The van der Waals surface area contributed by atoms with Gasteiger partial charge in [-0.05, 0) is 53.0 Å². The van der Waals surface area contributed by atoms with Gasteiger partial charge in [-0.1, -0.05) is 6.42 Å². The fraction of sp³-hybridized carbons (Fsp3) is 0.538. The SMILES string of the molecule is COc1cc([C@@H]2CCCCN2)cc(OC)c1Br.Cl. The number of halogens is 2. The van der Waals surface area contributed by atoms with Gasteiger partial charge in [0.1, 0.15) is 16.0 Å². The van der Waals surface area contributed by atoms with Crippen LogP contribution in [0, 0.1) is 0 Å². The Hall–Kier alpha value is -0.450. The van der Waals surface area contributed by atoms with Crippen LogP contribution in [0.3, 0.4) is 0 Å². The van der Waals surface area contributed by atoms with Crippen LogP contribution in [0.4, 0.5) is 0 Å². The van der Waals surface area contributed by atoms with Crippen LogP contribution in [-0.4, -0.2) is 20.8 Å². The van der Waals surface area contributed by atoms with Gasteiger partial charge in [0.2, 0.25) is 0 Å². The molecule has 0 bridgehead atoms. The molecule has 0 saturated carbocycles. The minimum atomic E-state index is 0. The Morgan fingerprint density at radius 2 is 1.78 bits per heavy atom. The Morgan fingerprint density at radius 3 is 2.22 bits per heavy atom. The second kappa shape index (κ2) is 7.22. The quantitative estimate of drug-likeness (QED) is 0.913. The van der Waals surface area contributed by atoms with E-state index in [1.807, 2.05) is 0 Å². The van der Waals surface area contributed by atoms with Crippen molar-refractivity contribution in [3.63, 3.8) is 0 Å². The Morgan fingerprint density at radius 1 is 1.17 bits per heavy atom. The number of piperidine rings is 1. The average Bonchev–Trinajstić information content (AvgIpc) is 2.40. The maximum Gasteiger partial charge on any atom is 0.137 e. The lowest BCUT2D eigenvalue weighted by Gasteiger charge is -2.25. The molecule has 1 heterocycles. The van der Waals surface area contributed by atoms with Gasteiger partial charge in [0.05, 0.1) is 14.2 Å². The molecular formula is C13H19BrClNO2. The van der Waals surface area contributed by atoms with E-state index in [-0.39, 0.29) is 12.4 Å². The standard InChI is InChI=1S/C13H18BrNO2.ClH/c1-16-11-7-9(8-12(17-2)13(11)14)10-5-3-4-6-15-10;/h7-8,10,15H,3-6H2,1-2H3;1H/t10-;/m0./s1. The normalized spacial score (nSPS) is 18.9. The predicted molar refractivity (Wildman–Crippen MR) is 79.1 cm³/mol. The number of benzene rings is 1. The lowest BCUT2D eigenvalue weighted by Crippen LogP contribution is -2.26. The molecule has 5 heteroatoms. The second-order valence-electron chi connectivity index (χ2n) is 4.24. The minimum Gasteiger partial charge on any atom is -0.495 e. The topological polar surface area (TPSA) is 30.5 Å². The molecule has 0 aliphatic carbocycles. The van der Waals surface area contributed by atoms with Gasteiger partial charge < -0.3 is 14.8 Å². The molecule has 1 aliphatic heterocycles. The molecule has 0 unspecified atom stereocenters. The highest BCUT2D eigenvalue weighted by molar-refractivity contribution is 9.10. The summed E-state index contributed by atoms with van der Waals surface area (Å²) in [6, 6.07) is 4.57. The lowest BCUT2D eigenvalue weighted by molar-refractivity contribution is 0.379. The molecule has 2 rings (SSSR count). The summed E-state index contributed by atoms with van der Waals surface area (Å²) >= 11 is 3.49. The van der Waals surface area contributed by atoms with E-state index in [4.69, 9.17) is 9.47 Å². The molecule has 102 valence electrons. The van der Waals surface area contributed by atoms with Crippen LogP contribution in [0.2, 0.25) is 0 Å². The third kappa shape index (κ3) is 3.31. The minimum absolute atomic E-state index is 0. The Bertz CT molecular complexity index is 370. The van der Waals surface area contributed by atoms with Crippen LogP contribution < -0.4 is 14.8 Å². The number of hydrogen-bond acceptors (Lipinski definition) is 3. The summed E-state index contributed by atoms with van der Waals surface area (Å²) < 4.78 is 11.6. The van der Waals surface area contributed by atoms with Gasteiger partial charge in [0, 0.05) is 6.04 Å². The smallest absolute Gasteiger partial charge is 0.137 e. The molecule has 1 N–H and O–H groups in total. The Labute approximate surface area is 123 Å². The number of nitrogens with one attached hydrogen (secondary N) is 1. The summed E-state index contributed by atoms with van der Waals surface area (Å²) in [7, 11) is 3.36. The summed E-state index contributed by atoms with van der Waals surface area (Å²) in [5, 5.41) is 3.53. The zero-order chi connectivity index (χ0) is 12.3. The summed E-state index contributed by atoms with van der Waals surface area (Å²) in [4.78, 5) is 0. The molecule has 1 fully saturated rings. The van der Waals surface area contributed by atoms with Crippen LogP contribution in [0.5, 0.6) is 11.5 Å². The van der Waals surface area contributed by atoms with Crippen molar-refractivity contribution in [2.45, 2.75) is 25.3 Å². The average molecular weight is 337 g/mol. The summed E-state index contributed by atoms with van der Waals surface area (Å²) in [6.45, 7) is 1.09. The molecule has 0 aromatic heterocycles. The van der Waals surface area contributed by atoms with Gasteiger partial charge in [-0.15, -0.1) is 12.4 Å². The van der Waals surface area contributed by atoms with Crippen LogP contribution in [0.1, 0.15) is 30.9 Å². The van der Waals surface area contributed by atoms with Crippen molar-refractivity contribution >= 4 is 28.3 Å². The summed E-state index contributed by atoms with van der Waals surface area (Å²) in [6.07, 6.45) is 3.72. The fourth-order valence-electron chi connectivity index (χ4n) is 2.23. The van der Waals surface area contributed by atoms with Crippen molar-refractivity contribution in [2.24, 2.45) is 0 Å². The van der Waals surface area contributed by atoms with Gasteiger partial charge in [-0.3, -0.25) is 0 Å². The summed E-state index contributed by atoms with van der Waals surface area (Å²) in [5.41, 5.74) is 1.24. The largest absolute Gasteiger partial charge is 0.495 e. The first-order valence-corrected chi connectivity index (χ1v) is 6.70. The number of hydrogen-bond donors (Lipinski definition) is 1. The number of rotatable bonds is 3. The van der Waals surface area contributed by atoms with Gasteiger partial charge in [0.15, 0.2) is 0 Å². The maximum absolute atomic E-state index is 5.36. The van der Waals surface area contributed by atoms with Crippen molar-refractivity contribution in [3.8, 4) is 11.5 Å². The van der Waals surface area contributed by atoms with Crippen LogP contribution >= 0.6 is 28.3 Å². The van der Waals surface area contributed by atoms with E-state index in [2.05, 4.69) is 33.4 Å². The van der Waals surface area contributed by atoms with E-state index < -0.39 is 0 Å². The number of methoxy groups -OCH3 is 2. The van der Waals surface area contributed by atoms with E-state index >= 15 is 0 Å². The maximum atomic E-state index is 5.36. The molecular weight excluding hydrogens is 318 g/mol. The first kappa shape index (κ1) is 15.6. The molecule has 1 aliphatic rings. The molecule has 0 radical (unpaired) electrons. The molecule has 0 amide bonds. The molecule has 1 aromatic carbocycles. The molecule has 18 heavy (non-hydrogen) atoms. The first-order chi connectivity index (χ1) is 8.26. The van der Waals surface area contributed by atoms with Gasteiger partial charge >= 0.3 is 0 Å². The van der Waals surface area contributed by atoms with Gasteiger partial charge in [-0.2, -0.15) is 0 Å². The van der Waals surface area contributed by atoms with Crippen molar-refractivity contribution in [3.05, 3.63) is 22.2 Å². The van der Waals surface area contributed by atoms with Gasteiger partial charge in [0.25, 0.3) is 0 Å². The van der Waals surface area contributed by atoms with E-state index in [1.165, 1.54) is 24.8 Å². The van der Waals surface area contributed by atoms with E-state index in [0.717, 1.165) is 22.5 Å². The van der Waals surface area contributed by atoms with Crippen molar-refractivity contribution in [1.82, 2.24) is 5.32 Å². The molecule has 1 saturated heterocycles. The Balaban J connectivity index is 0.00000162. The van der Waals surface area contributed by atoms with Crippen LogP contribution in [0.15, 0.2) is 16.6 Å². The number of ether oxygens (including phenoxy) is 2. The molecule has 1 atom stereocenters. The highest BCUT2D eigenvalue weighted by Gasteiger charge is 2.18. The van der Waals surface area contributed by atoms with E-state index in [9.17, 15) is 0 Å². The fourth-order valence-corrected chi connectivity index (χ4v) is 2.78. The molecule has 3 nitrogen and oxygen atoms in total. The molecule has 1 aromatic rings. The van der Waals surface area contributed by atoms with Crippen molar-refractivity contribution < 1.29 is 9.47 Å². The summed E-state index contributed by atoms with van der Waals surface area (Å²) in [5.74, 6) is 1.65. The lowest BCUT2D eigenvalue weighted by atomic mass is 9.97.